The monoisotopic (exact) mass is 201 g/mol. The van der Waals surface area contributed by atoms with Crippen LogP contribution in [0.2, 0.25) is 0 Å². The molecule has 0 atom stereocenters. The second-order valence-corrected chi connectivity index (χ2v) is 4.11. The molecule has 1 fully saturated rings. The third-order valence-corrected chi connectivity index (χ3v) is 3.02. The summed E-state index contributed by atoms with van der Waals surface area (Å²) in [6, 6.07) is 0.765. The van der Waals surface area contributed by atoms with Crippen molar-refractivity contribution in [3.63, 3.8) is 0 Å². The molecule has 1 N–H and O–H groups in total. The molecule has 14 heavy (non-hydrogen) atoms. The van der Waals surface area contributed by atoms with Crippen LogP contribution in [0.4, 0.5) is 0 Å². The van der Waals surface area contributed by atoms with Crippen LogP contribution < -0.4 is 0 Å². The lowest BCUT2D eigenvalue weighted by Crippen LogP contribution is -2.35. The predicted octanol–water partition coefficient (Wildman–Crippen LogP) is 1.26. The van der Waals surface area contributed by atoms with Crippen molar-refractivity contribution in [2.45, 2.75) is 38.1 Å². The molecule has 3 nitrogen and oxygen atoms in total. The maximum absolute atomic E-state index is 8.54. The van der Waals surface area contributed by atoms with Gasteiger partial charge in [0.1, 0.15) is 0 Å². The van der Waals surface area contributed by atoms with Gasteiger partial charge in [0.2, 0.25) is 0 Å². The van der Waals surface area contributed by atoms with Crippen molar-refractivity contribution < 1.29 is 9.84 Å². The van der Waals surface area contributed by atoms with Gasteiger partial charge < -0.3 is 14.7 Å². The maximum Gasteiger partial charge on any atom is 0.0698 e. The minimum atomic E-state index is 0.132. The van der Waals surface area contributed by atoms with Crippen molar-refractivity contribution in [1.29, 1.82) is 0 Å². The summed E-state index contributed by atoms with van der Waals surface area (Å²) in [5.74, 6) is 0. The zero-order chi connectivity index (χ0) is 10.2. The second kappa shape index (κ2) is 7.21. The number of rotatable bonds is 6. The smallest absolute Gasteiger partial charge is 0.0698 e. The van der Waals surface area contributed by atoms with Crippen LogP contribution in [0.5, 0.6) is 0 Å². The molecule has 84 valence electrons. The number of aliphatic hydroxyl groups excluding tert-OH is 1. The highest BCUT2D eigenvalue weighted by atomic mass is 16.5. The van der Waals surface area contributed by atoms with E-state index < -0.39 is 0 Å². The third kappa shape index (κ3) is 4.40. The SMILES string of the molecule is CN(CCOCCO)C1CCCCC1. The lowest BCUT2D eigenvalue weighted by atomic mass is 9.94. The lowest BCUT2D eigenvalue weighted by Gasteiger charge is -2.30. The van der Waals surface area contributed by atoms with Gasteiger partial charge in [-0.25, -0.2) is 0 Å². The summed E-state index contributed by atoms with van der Waals surface area (Å²) in [4.78, 5) is 2.40. The Labute approximate surface area is 87.1 Å². The highest BCUT2D eigenvalue weighted by Crippen LogP contribution is 2.21. The molecular formula is C11H23NO2. The summed E-state index contributed by atoms with van der Waals surface area (Å²) in [7, 11) is 2.18. The highest BCUT2D eigenvalue weighted by molar-refractivity contribution is 4.73. The average Bonchev–Trinajstić information content (AvgIpc) is 2.25. The van der Waals surface area contributed by atoms with Gasteiger partial charge in [-0.2, -0.15) is 0 Å². The molecule has 0 amide bonds. The van der Waals surface area contributed by atoms with Crippen LogP contribution in [0.1, 0.15) is 32.1 Å². The quantitative estimate of drug-likeness (QED) is 0.657. The topological polar surface area (TPSA) is 32.7 Å². The van der Waals surface area contributed by atoms with E-state index in [1.165, 1.54) is 32.1 Å². The Bertz CT molecular complexity index is 135. The summed E-state index contributed by atoms with van der Waals surface area (Å²) < 4.78 is 5.25. The fourth-order valence-corrected chi connectivity index (χ4v) is 2.08. The highest BCUT2D eigenvalue weighted by Gasteiger charge is 2.17. The molecule has 0 aliphatic heterocycles. The van der Waals surface area contributed by atoms with Gasteiger partial charge in [-0.1, -0.05) is 19.3 Å². The van der Waals surface area contributed by atoms with Crippen LogP contribution in [0.15, 0.2) is 0 Å². The number of nitrogens with zero attached hydrogens (tertiary/aromatic N) is 1. The zero-order valence-corrected chi connectivity index (χ0v) is 9.24. The van der Waals surface area contributed by atoms with E-state index in [1.807, 2.05) is 0 Å². The Morgan fingerprint density at radius 2 is 1.93 bits per heavy atom. The van der Waals surface area contributed by atoms with Gasteiger partial charge in [0.05, 0.1) is 19.8 Å². The molecule has 0 radical (unpaired) electrons. The third-order valence-electron chi connectivity index (χ3n) is 3.02. The normalized spacial score (nSPS) is 19.1. The Morgan fingerprint density at radius 1 is 1.21 bits per heavy atom. The molecule has 0 bridgehead atoms. The van der Waals surface area contributed by atoms with E-state index in [2.05, 4.69) is 11.9 Å². The van der Waals surface area contributed by atoms with Crippen molar-refractivity contribution >= 4 is 0 Å². The molecule has 0 heterocycles. The van der Waals surface area contributed by atoms with E-state index in [1.54, 1.807) is 0 Å². The summed E-state index contributed by atoms with van der Waals surface area (Å²) in [6.07, 6.45) is 6.86. The molecule has 0 aromatic heterocycles. The van der Waals surface area contributed by atoms with Crippen molar-refractivity contribution in [3.8, 4) is 0 Å². The van der Waals surface area contributed by atoms with Crippen LogP contribution in [-0.4, -0.2) is 49.5 Å². The van der Waals surface area contributed by atoms with Crippen molar-refractivity contribution in [3.05, 3.63) is 0 Å². The minimum absolute atomic E-state index is 0.132. The molecule has 0 aromatic rings. The van der Waals surface area contributed by atoms with E-state index >= 15 is 0 Å². The molecular weight excluding hydrogens is 178 g/mol. The van der Waals surface area contributed by atoms with Crippen LogP contribution in [0, 0.1) is 0 Å². The number of hydrogen-bond acceptors (Lipinski definition) is 3. The largest absolute Gasteiger partial charge is 0.394 e. The van der Waals surface area contributed by atoms with E-state index in [-0.39, 0.29) is 6.61 Å². The Kier molecular flexibility index (Phi) is 6.15. The minimum Gasteiger partial charge on any atom is -0.394 e. The van der Waals surface area contributed by atoms with Gasteiger partial charge in [0.15, 0.2) is 0 Å². The molecule has 1 saturated carbocycles. The van der Waals surface area contributed by atoms with Crippen LogP contribution in [-0.2, 0) is 4.74 Å². The first-order valence-corrected chi connectivity index (χ1v) is 5.73. The van der Waals surface area contributed by atoms with Gasteiger partial charge in [-0.15, -0.1) is 0 Å². The molecule has 0 aromatic carbocycles. The summed E-state index contributed by atoms with van der Waals surface area (Å²) in [5.41, 5.74) is 0. The number of hydrogen-bond donors (Lipinski definition) is 1. The van der Waals surface area contributed by atoms with E-state index in [0.29, 0.717) is 6.61 Å². The lowest BCUT2D eigenvalue weighted by molar-refractivity contribution is 0.0657. The number of aliphatic hydroxyl groups is 1. The van der Waals surface area contributed by atoms with Gasteiger partial charge in [-0.05, 0) is 19.9 Å². The second-order valence-electron chi connectivity index (χ2n) is 4.11. The summed E-state index contributed by atoms with van der Waals surface area (Å²) in [5, 5.41) is 8.54. The fraction of sp³-hybridized carbons (Fsp3) is 1.00. The van der Waals surface area contributed by atoms with Crippen molar-refractivity contribution in [1.82, 2.24) is 4.90 Å². The van der Waals surface area contributed by atoms with Gasteiger partial charge in [-0.3, -0.25) is 0 Å². The molecule has 1 rings (SSSR count). The first-order chi connectivity index (χ1) is 6.84. The molecule has 0 saturated heterocycles. The Balaban J connectivity index is 2.04. The van der Waals surface area contributed by atoms with E-state index in [4.69, 9.17) is 9.84 Å². The van der Waals surface area contributed by atoms with Gasteiger partial charge in [0, 0.05) is 12.6 Å². The fourth-order valence-electron chi connectivity index (χ4n) is 2.08. The van der Waals surface area contributed by atoms with Crippen molar-refractivity contribution in [2.24, 2.45) is 0 Å². The first-order valence-electron chi connectivity index (χ1n) is 5.73. The van der Waals surface area contributed by atoms with Gasteiger partial charge in [0.25, 0.3) is 0 Å². The molecule has 1 aliphatic rings. The predicted molar refractivity (Wildman–Crippen MR) is 57.4 cm³/mol. The van der Waals surface area contributed by atoms with Crippen molar-refractivity contribution in [2.75, 3.05) is 33.4 Å². The summed E-state index contributed by atoms with van der Waals surface area (Å²) in [6.45, 7) is 2.34. The number of ether oxygens (including phenoxy) is 1. The number of likely N-dealkylation sites (N-methyl/N-ethyl adjacent to an activating group) is 1. The molecule has 0 unspecified atom stereocenters. The van der Waals surface area contributed by atoms with E-state index in [0.717, 1.165) is 19.2 Å². The van der Waals surface area contributed by atoms with Gasteiger partial charge >= 0.3 is 0 Å². The molecule has 3 heteroatoms. The first kappa shape index (κ1) is 12.0. The summed E-state index contributed by atoms with van der Waals surface area (Å²) >= 11 is 0. The molecule has 1 aliphatic carbocycles. The standard InChI is InChI=1S/C11H23NO2/c1-12(7-9-14-10-8-13)11-5-3-2-4-6-11/h11,13H,2-10H2,1H3. The van der Waals surface area contributed by atoms with Crippen LogP contribution >= 0.6 is 0 Å². The van der Waals surface area contributed by atoms with E-state index in [9.17, 15) is 0 Å². The Hall–Kier alpha value is -0.120. The van der Waals surface area contributed by atoms with Crippen LogP contribution in [0.3, 0.4) is 0 Å². The Morgan fingerprint density at radius 3 is 2.57 bits per heavy atom. The molecule has 0 spiro atoms. The maximum atomic E-state index is 8.54. The van der Waals surface area contributed by atoms with Crippen LogP contribution in [0.25, 0.3) is 0 Å². The average molecular weight is 201 g/mol. The zero-order valence-electron chi connectivity index (χ0n) is 9.24.